The highest BCUT2D eigenvalue weighted by Crippen LogP contribution is 2.40. The molecular formula is C52H61N2O6+. The van der Waals surface area contributed by atoms with Crippen molar-refractivity contribution in [3.05, 3.63) is 154 Å². The average molecular weight is 810 g/mol. The van der Waals surface area contributed by atoms with Crippen LogP contribution in [0.2, 0.25) is 0 Å². The molecule has 8 nitrogen and oxygen atoms in total. The van der Waals surface area contributed by atoms with E-state index in [1.807, 2.05) is 48.6 Å². The summed E-state index contributed by atoms with van der Waals surface area (Å²) in [6.07, 6.45) is 12.0. The lowest BCUT2D eigenvalue weighted by molar-refractivity contribution is -0.451. The molecule has 3 aromatic carbocycles. The summed E-state index contributed by atoms with van der Waals surface area (Å²) in [5.41, 5.74) is 10.6. The van der Waals surface area contributed by atoms with Crippen LogP contribution in [0.25, 0.3) is 5.57 Å². The van der Waals surface area contributed by atoms with Gasteiger partial charge in [0.05, 0.1) is 17.7 Å². The van der Waals surface area contributed by atoms with Gasteiger partial charge in [-0.25, -0.2) is 9.59 Å². The lowest BCUT2D eigenvalue weighted by Gasteiger charge is -2.31. The number of rotatable bonds is 18. The van der Waals surface area contributed by atoms with Crippen LogP contribution >= 0.6 is 0 Å². The number of carbonyl (C=O) groups excluding carboxylic acids is 3. The summed E-state index contributed by atoms with van der Waals surface area (Å²) in [7, 11) is 0. The Morgan fingerprint density at radius 2 is 1.28 bits per heavy atom. The number of carbonyl (C=O) groups is 3. The van der Waals surface area contributed by atoms with Gasteiger partial charge in [0.1, 0.15) is 11.9 Å². The van der Waals surface area contributed by atoms with Crippen LogP contribution in [0.4, 0.5) is 17.1 Å². The van der Waals surface area contributed by atoms with Crippen LogP contribution in [0.3, 0.4) is 0 Å². The van der Waals surface area contributed by atoms with Crippen LogP contribution in [0.15, 0.2) is 126 Å². The summed E-state index contributed by atoms with van der Waals surface area (Å²) < 4.78 is 14.0. The zero-order valence-corrected chi connectivity index (χ0v) is 36.7. The van der Waals surface area contributed by atoms with Crippen molar-refractivity contribution in [2.24, 2.45) is 0 Å². The number of ketones is 1. The highest BCUT2D eigenvalue weighted by molar-refractivity contribution is 6.39. The molecule has 0 spiro atoms. The molecule has 0 fully saturated rings. The second-order valence-electron chi connectivity index (χ2n) is 16.2. The number of hydrogen-bond donors (Lipinski definition) is 1. The predicted octanol–water partition coefficient (Wildman–Crippen LogP) is 11.5. The number of ether oxygens (including phenoxy) is 2. The van der Waals surface area contributed by atoms with Crippen LogP contribution in [-0.2, 0) is 23.9 Å². The molecule has 2 aliphatic rings. The van der Waals surface area contributed by atoms with Gasteiger partial charge in [0.2, 0.25) is 17.2 Å². The number of aliphatic hydroxyl groups excluding tert-OH is 1. The molecule has 0 saturated heterocycles. The van der Waals surface area contributed by atoms with E-state index in [1.54, 1.807) is 13.8 Å². The molecule has 314 valence electrons. The third-order valence-corrected chi connectivity index (χ3v) is 10.9. The molecule has 5 rings (SSSR count). The molecule has 2 atom stereocenters. The van der Waals surface area contributed by atoms with E-state index < -0.39 is 11.9 Å². The summed E-state index contributed by atoms with van der Waals surface area (Å²) in [4.78, 5) is 41.3. The number of Topliss-reactive ketones (excluding diaryl/α,β-unsaturated/α-hetero) is 1. The molecular weight excluding hydrogens is 749 g/mol. The first-order valence-corrected chi connectivity index (χ1v) is 21.1. The maximum absolute atomic E-state index is 13.8. The SMILES string of the molecule is C=C(C)C(=O)OC(CCCC)CN(c1ccc(C2=C(O)C(=C3C=CC(=[N+](CC(CCCC)OC(=O)C(=C)C)c4ccc(C)cc4C)C=C3)C2=O)cc1)c1ccc(C)cc1C. The smallest absolute Gasteiger partial charge is 0.333 e. The van der Waals surface area contributed by atoms with Crippen molar-refractivity contribution in [3.8, 4) is 0 Å². The number of aliphatic hydroxyl groups is 1. The minimum atomic E-state index is -0.407. The molecule has 0 amide bonds. The van der Waals surface area contributed by atoms with E-state index in [9.17, 15) is 19.5 Å². The van der Waals surface area contributed by atoms with Gasteiger partial charge in [0.15, 0.2) is 12.6 Å². The zero-order valence-electron chi connectivity index (χ0n) is 36.7. The number of nitrogens with zero attached hydrogens (tertiary/aromatic N) is 2. The predicted molar refractivity (Wildman–Crippen MR) is 243 cm³/mol. The molecule has 0 radical (unpaired) electrons. The van der Waals surface area contributed by atoms with Gasteiger partial charge < -0.3 is 19.5 Å². The first kappa shape index (κ1) is 45.1. The first-order valence-electron chi connectivity index (χ1n) is 21.1. The second kappa shape index (κ2) is 20.3. The van der Waals surface area contributed by atoms with Gasteiger partial charge >= 0.3 is 11.9 Å². The number of anilines is 2. The molecule has 0 heterocycles. The number of esters is 2. The summed E-state index contributed by atoms with van der Waals surface area (Å²) in [6.45, 7) is 24.2. The molecule has 8 heteroatoms. The molecule has 0 saturated carbocycles. The van der Waals surface area contributed by atoms with Crippen LogP contribution in [0, 0.1) is 27.7 Å². The lowest BCUT2D eigenvalue weighted by atomic mass is 9.80. The Morgan fingerprint density at radius 1 is 0.733 bits per heavy atom. The van der Waals surface area contributed by atoms with Gasteiger partial charge in [-0.1, -0.05) is 81.3 Å². The highest BCUT2D eigenvalue weighted by Gasteiger charge is 2.37. The Bertz CT molecular complexity index is 2300. The molecule has 1 N–H and O–H groups in total. The van der Waals surface area contributed by atoms with E-state index in [1.165, 1.54) is 0 Å². The van der Waals surface area contributed by atoms with Crippen LogP contribution in [-0.4, -0.2) is 58.4 Å². The normalized spacial score (nSPS) is 14.5. The van der Waals surface area contributed by atoms with E-state index in [-0.39, 0.29) is 34.9 Å². The maximum Gasteiger partial charge on any atom is 0.333 e. The molecule has 0 aliphatic heterocycles. The van der Waals surface area contributed by atoms with Gasteiger partial charge in [0, 0.05) is 46.3 Å². The van der Waals surface area contributed by atoms with Gasteiger partial charge in [-0.3, -0.25) is 4.79 Å². The molecule has 60 heavy (non-hydrogen) atoms. The summed E-state index contributed by atoms with van der Waals surface area (Å²) in [5, 5.41) is 11.4. The number of unbranched alkanes of at least 4 members (excludes halogenated alkanes) is 2. The topological polar surface area (TPSA) is 96.1 Å². The third-order valence-electron chi connectivity index (χ3n) is 10.9. The Labute approximate surface area is 356 Å². The summed E-state index contributed by atoms with van der Waals surface area (Å²) in [5.74, 6) is -1.09. The van der Waals surface area contributed by atoms with Gasteiger partial charge in [0.25, 0.3) is 0 Å². The molecule has 0 aromatic heterocycles. The van der Waals surface area contributed by atoms with Crippen LogP contribution in [0.5, 0.6) is 0 Å². The fourth-order valence-electron chi connectivity index (χ4n) is 7.61. The zero-order chi connectivity index (χ0) is 43.7. The van der Waals surface area contributed by atoms with Crippen LogP contribution < -0.4 is 4.90 Å². The molecule has 2 aliphatic carbocycles. The molecule has 2 unspecified atom stereocenters. The Kier molecular flexibility index (Phi) is 15.2. The van der Waals surface area contributed by atoms with Crippen molar-refractivity contribution in [2.45, 2.75) is 106 Å². The van der Waals surface area contributed by atoms with Crippen molar-refractivity contribution >= 4 is 46.1 Å². The van der Waals surface area contributed by atoms with Gasteiger partial charge in [-0.2, -0.15) is 4.58 Å². The minimum Gasteiger partial charge on any atom is -0.506 e. The fourth-order valence-corrected chi connectivity index (χ4v) is 7.61. The number of allylic oxidation sites excluding steroid dienone is 7. The van der Waals surface area contributed by atoms with E-state index in [0.29, 0.717) is 48.2 Å². The number of aryl methyl sites for hydroxylation is 4. The summed E-state index contributed by atoms with van der Waals surface area (Å²) >= 11 is 0. The number of benzene rings is 3. The molecule has 0 bridgehead atoms. The largest absolute Gasteiger partial charge is 0.506 e. The van der Waals surface area contributed by atoms with Gasteiger partial charge in [-0.15, -0.1) is 0 Å². The first-order chi connectivity index (χ1) is 28.6. The Hall–Kier alpha value is -6.02. The van der Waals surface area contributed by atoms with Gasteiger partial charge in [-0.05, 0) is 120 Å². The second-order valence-corrected chi connectivity index (χ2v) is 16.2. The maximum atomic E-state index is 13.8. The van der Waals surface area contributed by atoms with Crippen molar-refractivity contribution < 1.29 is 33.5 Å². The quantitative estimate of drug-likeness (QED) is 0.0776. The van der Waals surface area contributed by atoms with E-state index in [4.69, 9.17) is 9.47 Å². The number of hydrogen-bond acceptors (Lipinski definition) is 7. The van der Waals surface area contributed by atoms with E-state index in [2.05, 4.69) is 101 Å². The van der Waals surface area contributed by atoms with Crippen molar-refractivity contribution in [1.29, 1.82) is 0 Å². The fraction of sp³-hybridized carbons (Fsp3) is 0.346. The molecule has 3 aromatic rings. The third kappa shape index (κ3) is 10.8. The lowest BCUT2D eigenvalue weighted by Crippen LogP contribution is -2.33. The standard InChI is InChI=1S/C52H60N2O6/c1-11-13-15-43(59-51(57)33(3)4)31-53(45-27-17-35(7)29-37(45)9)41-23-19-39(20-24-41)47-49(55)48(50(47)56)40-21-25-42(26-22-40)54(46-28-18-36(8)30-38(46)10)32-44(16-14-12-2)60-52(58)34(5)6/h17-30,43-44H,3,5,11-16,31-32H2,1-2,4,6-10H3/p+1. The Morgan fingerprint density at radius 3 is 1.82 bits per heavy atom. The summed E-state index contributed by atoms with van der Waals surface area (Å²) in [6, 6.07) is 20.1. The highest BCUT2D eigenvalue weighted by atomic mass is 16.5. The van der Waals surface area contributed by atoms with Crippen molar-refractivity contribution in [1.82, 2.24) is 0 Å². The van der Waals surface area contributed by atoms with E-state index in [0.717, 1.165) is 70.7 Å². The van der Waals surface area contributed by atoms with E-state index >= 15 is 0 Å². The van der Waals surface area contributed by atoms with Crippen molar-refractivity contribution in [3.63, 3.8) is 0 Å². The van der Waals surface area contributed by atoms with Crippen LogP contribution in [0.1, 0.15) is 94.0 Å². The Balaban J connectivity index is 1.46. The minimum absolute atomic E-state index is 0.0457. The average Bonchev–Trinajstić information content (AvgIpc) is 3.21. The monoisotopic (exact) mass is 809 g/mol. The van der Waals surface area contributed by atoms with Crippen molar-refractivity contribution in [2.75, 3.05) is 18.0 Å².